The van der Waals surface area contributed by atoms with E-state index in [0.717, 1.165) is 5.56 Å². The Balaban J connectivity index is 2.40. The number of hydrogen-bond donors (Lipinski definition) is 2. The first-order chi connectivity index (χ1) is 8.88. The maximum atomic E-state index is 12.2. The van der Waals surface area contributed by atoms with Crippen LogP contribution in [0.25, 0.3) is 0 Å². The van der Waals surface area contributed by atoms with Gasteiger partial charge in [-0.3, -0.25) is 4.72 Å². The quantitative estimate of drug-likeness (QED) is 0.852. The van der Waals surface area contributed by atoms with Crippen molar-refractivity contribution >= 4 is 33.1 Å². The Morgan fingerprint density at radius 1 is 1.26 bits per heavy atom. The maximum absolute atomic E-state index is 12.2. The SMILES string of the molecule is Cc1ccnc(NS(=O)(=O)c2cc(Cl)ccc2N)c1. The van der Waals surface area contributed by atoms with Crippen LogP contribution in [0.2, 0.25) is 5.02 Å². The molecule has 0 amide bonds. The van der Waals surface area contributed by atoms with Crippen LogP contribution in [-0.2, 0) is 10.0 Å². The van der Waals surface area contributed by atoms with Crippen LogP contribution in [0.3, 0.4) is 0 Å². The molecule has 7 heteroatoms. The third kappa shape index (κ3) is 3.15. The largest absolute Gasteiger partial charge is 0.398 e. The predicted octanol–water partition coefficient (Wildman–Crippen LogP) is 2.43. The number of nitrogens with two attached hydrogens (primary N) is 1. The first-order valence-corrected chi connectivity index (χ1v) is 7.25. The van der Waals surface area contributed by atoms with Crippen LogP contribution >= 0.6 is 11.6 Å². The first kappa shape index (κ1) is 13.6. The highest BCUT2D eigenvalue weighted by Gasteiger charge is 2.18. The van der Waals surface area contributed by atoms with Crippen molar-refractivity contribution in [2.24, 2.45) is 0 Å². The molecule has 0 radical (unpaired) electrons. The summed E-state index contributed by atoms with van der Waals surface area (Å²) in [6, 6.07) is 7.67. The molecule has 5 nitrogen and oxygen atoms in total. The lowest BCUT2D eigenvalue weighted by atomic mass is 10.3. The number of hydrogen-bond acceptors (Lipinski definition) is 4. The van der Waals surface area contributed by atoms with Crippen LogP contribution in [-0.4, -0.2) is 13.4 Å². The van der Waals surface area contributed by atoms with Gasteiger partial charge in [0.2, 0.25) is 0 Å². The fraction of sp³-hybridized carbons (Fsp3) is 0.0833. The summed E-state index contributed by atoms with van der Waals surface area (Å²) in [5, 5.41) is 0.298. The van der Waals surface area contributed by atoms with Gasteiger partial charge in [0.15, 0.2) is 0 Å². The predicted molar refractivity (Wildman–Crippen MR) is 75.6 cm³/mol. The van der Waals surface area contributed by atoms with Crippen molar-refractivity contribution in [3.63, 3.8) is 0 Å². The number of sulfonamides is 1. The molecule has 1 aromatic carbocycles. The molecule has 0 saturated carbocycles. The van der Waals surface area contributed by atoms with E-state index in [0.29, 0.717) is 5.02 Å². The minimum atomic E-state index is -3.81. The molecule has 0 bridgehead atoms. The van der Waals surface area contributed by atoms with Crippen molar-refractivity contribution < 1.29 is 8.42 Å². The molecule has 100 valence electrons. The molecule has 2 aromatic rings. The molecule has 3 N–H and O–H groups in total. The second-order valence-corrected chi connectivity index (χ2v) is 6.09. The smallest absolute Gasteiger partial charge is 0.265 e. The van der Waals surface area contributed by atoms with Gasteiger partial charge >= 0.3 is 0 Å². The Labute approximate surface area is 116 Å². The van der Waals surface area contributed by atoms with Gasteiger partial charge in [-0.15, -0.1) is 0 Å². The van der Waals surface area contributed by atoms with E-state index in [-0.39, 0.29) is 16.4 Å². The van der Waals surface area contributed by atoms with Gasteiger partial charge in [0.25, 0.3) is 10.0 Å². The van der Waals surface area contributed by atoms with Crippen molar-refractivity contribution in [1.29, 1.82) is 0 Å². The van der Waals surface area contributed by atoms with Crippen LogP contribution in [0.5, 0.6) is 0 Å². The monoisotopic (exact) mass is 297 g/mol. The van der Waals surface area contributed by atoms with Gasteiger partial charge in [0.1, 0.15) is 10.7 Å². The van der Waals surface area contributed by atoms with Crippen LogP contribution in [0.4, 0.5) is 11.5 Å². The van der Waals surface area contributed by atoms with Crippen LogP contribution in [0.1, 0.15) is 5.56 Å². The normalized spacial score (nSPS) is 11.3. The van der Waals surface area contributed by atoms with E-state index >= 15 is 0 Å². The van der Waals surface area contributed by atoms with Crippen LogP contribution < -0.4 is 10.5 Å². The zero-order valence-electron chi connectivity index (χ0n) is 10.1. The van der Waals surface area contributed by atoms with E-state index in [1.807, 2.05) is 6.92 Å². The molecule has 2 rings (SSSR count). The topological polar surface area (TPSA) is 85.1 Å². The second-order valence-electron chi connectivity index (χ2n) is 4.01. The number of halogens is 1. The van der Waals surface area contributed by atoms with Crippen LogP contribution in [0.15, 0.2) is 41.4 Å². The maximum Gasteiger partial charge on any atom is 0.265 e. The zero-order chi connectivity index (χ0) is 14.0. The number of aryl methyl sites for hydroxylation is 1. The molecule has 0 aliphatic rings. The molecule has 0 spiro atoms. The number of aromatic nitrogens is 1. The Morgan fingerprint density at radius 2 is 2.00 bits per heavy atom. The minimum Gasteiger partial charge on any atom is -0.398 e. The highest BCUT2D eigenvalue weighted by atomic mass is 35.5. The number of benzene rings is 1. The van der Waals surface area contributed by atoms with Crippen molar-refractivity contribution in [2.45, 2.75) is 11.8 Å². The molecule has 1 aromatic heterocycles. The van der Waals surface area contributed by atoms with E-state index in [1.165, 1.54) is 24.4 Å². The van der Waals surface area contributed by atoms with Gasteiger partial charge < -0.3 is 5.73 Å². The molecule has 0 fully saturated rings. The van der Waals surface area contributed by atoms with Crippen molar-refractivity contribution in [1.82, 2.24) is 4.98 Å². The highest BCUT2D eigenvalue weighted by Crippen LogP contribution is 2.24. The van der Waals surface area contributed by atoms with Gasteiger partial charge in [-0.2, -0.15) is 0 Å². The fourth-order valence-electron chi connectivity index (χ4n) is 1.53. The van der Waals surface area contributed by atoms with Gasteiger partial charge in [-0.25, -0.2) is 13.4 Å². The summed E-state index contributed by atoms with van der Waals surface area (Å²) < 4.78 is 26.8. The number of nitrogens with zero attached hydrogens (tertiary/aromatic N) is 1. The van der Waals surface area contributed by atoms with Gasteiger partial charge in [-0.05, 0) is 42.8 Å². The zero-order valence-corrected chi connectivity index (χ0v) is 11.7. The lowest BCUT2D eigenvalue weighted by Crippen LogP contribution is -2.15. The molecule has 0 aliphatic heterocycles. The number of anilines is 2. The van der Waals surface area contributed by atoms with Gasteiger partial charge in [0, 0.05) is 11.2 Å². The van der Waals surface area contributed by atoms with E-state index in [4.69, 9.17) is 17.3 Å². The number of nitrogen functional groups attached to an aromatic ring is 1. The van der Waals surface area contributed by atoms with E-state index in [9.17, 15) is 8.42 Å². The summed E-state index contributed by atoms with van der Waals surface area (Å²) in [6.45, 7) is 1.84. The van der Waals surface area contributed by atoms with Gasteiger partial charge in [-0.1, -0.05) is 11.6 Å². The molecule has 0 unspecified atom stereocenters. The molecule has 0 atom stereocenters. The Bertz CT molecular complexity index is 717. The van der Waals surface area contributed by atoms with E-state index < -0.39 is 10.0 Å². The fourth-order valence-corrected chi connectivity index (χ4v) is 2.92. The number of rotatable bonds is 3. The lowest BCUT2D eigenvalue weighted by Gasteiger charge is -2.10. The Hall–Kier alpha value is -1.79. The summed E-state index contributed by atoms with van der Waals surface area (Å²) in [5.74, 6) is 0.236. The Kier molecular flexibility index (Phi) is 3.64. The summed E-state index contributed by atoms with van der Waals surface area (Å²) in [5.41, 5.74) is 6.69. The summed E-state index contributed by atoms with van der Waals surface area (Å²) >= 11 is 5.79. The summed E-state index contributed by atoms with van der Waals surface area (Å²) in [6.07, 6.45) is 1.52. The van der Waals surface area contributed by atoms with Crippen LogP contribution in [0, 0.1) is 6.92 Å². The van der Waals surface area contributed by atoms with E-state index in [1.54, 1.807) is 12.1 Å². The van der Waals surface area contributed by atoms with Gasteiger partial charge in [0.05, 0.1) is 5.69 Å². The first-order valence-electron chi connectivity index (χ1n) is 5.39. The van der Waals surface area contributed by atoms with Crippen molar-refractivity contribution in [2.75, 3.05) is 10.5 Å². The third-order valence-corrected chi connectivity index (χ3v) is 4.07. The molecule has 0 saturated heterocycles. The molecular weight excluding hydrogens is 286 g/mol. The number of nitrogens with one attached hydrogen (secondary N) is 1. The molecule has 1 heterocycles. The summed E-state index contributed by atoms with van der Waals surface area (Å²) in [7, 11) is -3.81. The third-order valence-electron chi connectivity index (χ3n) is 2.42. The Morgan fingerprint density at radius 3 is 2.68 bits per heavy atom. The average molecular weight is 298 g/mol. The second kappa shape index (κ2) is 5.07. The molecule has 19 heavy (non-hydrogen) atoms. The summed E-state index contributed by atoms with van der Waals surface area (Å²) in [4.78, 5) is 3.87. The number of pyridine rings is 1. The molecular formula is C12H12ClN3O2S. The highest BCUT2D eigenvalue weighted by molar-refractivity contribution is 7.92. The van der Waals surface area contributed by atoms with Crippen molar-refractivity contribution in [3.8, 4) is 0 Å². The minimum absolute atomic E-state index is 0.0664. The average Bonchev–Trinajstić information content (AvgIpc) is 2.31. The van der Waals surface area contributed by atoms with E-state index in [2.05, 4.69) is 9.71 Å². The standard InChI is InChI=1S/C12H12ClN3O2S/c1-8-4-5-15-12(6-8)16-19(17,18)11-7-9(13)2-3-10(11)14/h2-7H,14H2,1H3,(H,15,16). The lowest BCUT2D eigenvalue weighted by molar-refractivity contribution is 0.601. The molecule has 0 aliphatic carbocycles. The van der Waals surface area contributed by atoms with Crippen molar-refractivity contribution in [3.05, 3.63) is 47.1 Å².